The van der Waals surface area contributed by atoms with Crippen molar-refractivity contribution in [1.29, 1.82) is 0 Å². The Labute approximate surface area is 205 Å². The second-order valence-electron chi connectivity index (χ2n) is 7.95. The van der Waals surface area contributed by atoms with E-state index in [0.29, 0.717) is 16.8 Å². The molecule has 0 unspecified atom stereocenters. The van der Waals surface area contributed by atoms with Gasteiger partial charge in [0.2, 0.25) is 0 Å². The van der Waals surface area contributed by atoms with Crippen LogP contribution in [0.1, 0.15) is 0 Å². The number of hydrogen-bond acceptors (Lipinski definition) is 4. The van der Waals surface area contributed by atoms with E-state index in [4.69, 9.17) is 9.47 Å². The highest BCUT2D eigenvalue weighted by molar-refractivity contribution is 7.88. The van der Waals surface area contributed by atoms with E-state index >= 15 is 0 Å². The molecule has 0 atom stereocenters. The maximum absolute atomic E-state index is 12.5. The van der Waals surface area contributed by atoms with Gasteiger partial charge in [-0.3, -0.25) is 4.55 Å². The Morgan fingerprint density at radius 2 is 1.03 bits per heavy atom. The smallest absolute Gasteiger partial charge is 0.295 e. The van der Waals surface area contributed by atoms with Crippen LogP contribution in [0.2, 0.25) is 0 Å². The third-order valence-electron chi connectivity index (χ3n) is 5.99. The van der Waals surface area contributed by atoms with Crippen molar-refractivity contribution in [1.82, 2.24) is 0 Å². The lowest BCUT2D eigenvalue weighted by Crippen LogP contribution is -2.26. The highest BCUT2D eigenvalue weighted by Gasteiger charge is 2.28. The molecule has 0 aromatic heterocycles. The lowest BCUT2D eigenvalue weighted by molar-refractivity contribution is 0.420. The van der Waals surface area contributed by atoms with Gasteiger partial charge < -0.3 is 9.47 Å². The van der Waals surface area contributed by atoms with Gasteiger partial charge >= 0.3 is 0 Å². The van der Waals surface area contributed by atoms with Crippen molar-refractivity contribution in [3.05, 3.63) is 97.1 Å². The summed E-state index contributed by atoms with van der Waals surface area (Å²) in [6.45, 7) is 0. The predicted octanol–water partition coefficient (Wildman–Crippen LogP) is 5.02. The van der Waals surface area contributed by atoms with E-state index in [1.54, 1.807) is 32.4 Å². The Hall–Kier alpha value is -3.44. The van der Waals surface area contributed by atoms with Crippen molar-refractivity contribution in [2.75, 3.05) is 14.2 Å². The van der Waals surface area contributed by atoms with Gasteiger partial charge in [0.15, 0.2) is 0 Å². The molecular formula is C28H23O5PS. The molecule has 5 aromatic rings. The van der Waals surface area contributed by atoms with Gasteiger partial charge in [-0.25, -0.2) is 0 Å². The van der Waals surface area contributed by atoms with E-state index in [-0.39, 0.29) is 4.90 Å². The van der Waals surface area contributed by atoms with Gasteiger partial charge in [0, 0.05) is 16.1 Å². The van der Waals surface area contributed by atoms with Gasteiger partial charge in [-0.05, 0) is 47.5 Å². The van der Waals surface area contributed by atoms with Crippen LogP contribution in [0.4, 0.5) is 0 Å². The van der Waals surface area contributed by atoms with Crippen LogP contribution in [0.25, 0.3) is 21.5 Å². The first kappa shape index (κ1) is 23.3. The van der Waals surface area contributed by atoms with Crippen molar-refractivity contribution in [2.45, 2.75) is 4.90 Å². The molecule has 0 heterocycles. The zero-order valence-electron chi connectivity index (χ0n) is 19.2. The van der Waals surface area contributed by atoms with Crippen molar-refractivity contribution in [3.63, 3.8) is 0 Å². The zero-order valence-corrected chi connectivity index (χ0v) is 20.9. The fourth-order valence-electron chi connectivity index (χ4n) is 4.54. The van der Waals surface area contributed by atoms with Gasteiger partial charge in [-0.15, -0.1) is 0 Å². The monoisotopic (exact) mass is 502 g/mol. The molecule has 35 heavy (non-hydrogen) atoms. The van der Waals surface area contributed by atoms with Crippen LogP contribution in [-0.4, -0.2) is 27.2 Å². The first-order chi connectivity index (χ1) is 16.9. The third kappa shape index (κ3) is 4.14. The van der Waals surface area contributed by atoms with E-state index < -0.39 is 18.0 Å². The van der Waals surface area contributed by atoms with Crippen LogP contribution >= 0.6 is 7.92 Å². The largest absolute Gasteiger partial charge is 0.496 e. The highest BCUT2D eigenvalue weighted by Crippen LogP contribution is 2.43. The van der Waals surface area contributed by atoms with Crippen LogP contribution in [0, 0.1) is 0 Å². The number of methoxy groups -OCH3 is 2. The van der Waals surface area contributed by atoms with E-state index in [1.165, 1.54) is 6.07 Å². The number of benzene rings is 5. The minimum atomic E-state index is -4.48. The second-order valence-corrected chi connectivity index (χ2v) is 11.5. The summed E-state index contributed by atoms with van der Waals surface area (Å²) >= 11 is 0. The molecule has 0 aliphatic carbocycles. The van der Waals surface area contributed by atoms with Gasteiger partial charge in [0.05, 0.1) is 14.2 Å². The number of hydrogen-bond donors (Lipinski definition) is 1. The summed E-state index contributed by atoms with van der Waals surface area (Å²) in [5, 5.41) is 6.13. The fourth-order valence-corrected chi connectivity index (χ4v) is 8.44. The van der Waals surface area contributed by atoms with E-state index in [1.807, 2.05) is 72.8 Å². The van der Waals surface area contributed by atoms with Gasteiger partial charge in [0.1, 0.15) is 16.4 Å². The average molecular weight is 503 g/mol. The van der Waals surface area contributed by atoms with Crippen LogP contribution in [0.15, 0.2) is 102 Å². The molecule has 0 amide bonds. The van der Waals surface area contributed by atoms with Crippen molar-refractivity contribution in [2.24, 2.45) is 0 Å². The molecule has 0 aliphatic rings. The minimum absolute atomic E-state index is 0.107. The average Bonchev–Trinajstić information content (AvgIpc) is 2.88. The predicted molar refractivity (Wildman–Crippen MR) is 143 cm³/mol. The second kappa shape index (κ2) is 9.31. The molecule has 0 aliphatic heterocycles. The van der Waals surface area contributed by atoms with E-state index in [2.05, 4.69) is 0 Å². The molecule has 1 N–H and O–H groups in total. The molecule has 0 saturated heterocycles. The standard InChI is InChI=1S/C28H23O5PS/c1-32-21-13-5-9-19-11-7-16-24(27(19)21)34(23-15-3-4-18-26(23)35(29,30)31)25-17-8-12-20-10-6-14-22(33-2)28(20)25/h3-18H,1-2H3,(H,29,30,31). The first-order valence-corrected chi connectivity index (χ1v) is 13.7. The Kier molecular flexibility index (Phi) is 6.20. The minimum Gasteiger partial charge on any atom is -0.496 e. The summed E-state index contributed by atoms with van der Waals surface area (Å²) in [5.41, 5.74) is 0. The molecule has 7 heteroatoms. The van der Waals surface area contributed by atoms with Crippen LogP contribution in [0.3, 0.4) is 0 Å². The molecule has 0 spiro atoms. The molecule has 176 valence electrons. The van der Waals surface area contributed by atoms with E-state index in [9.17, 15) is 13.0 Å². The molecule has 0 bridgehead atoms. The Balaban J connectivity index is 1.97. The number of rotatable bonds is 6. The summed E-state index contributed by atoms with van der Waals surface area (Å²) < 4.78 is 46.7. The van der Waals surface area contributed by atoms with Gasteiger partial charge in [0.25, 0.3) is 10.1 Å². The van der Waals surface area contributed by atoms with Gasteiger partial charge in [-0.1, -0.05) is 78.9 Å². The summed E-state index contributed by atoms with van der Waals surface area (Å²) in [6.07, 6.45) is 0. The molecule has 0 fully saturated rings. The molecular weight excluding hydrogens is 479 g/mol. The lowest BCUT2D eigenvalue weighted by atomic mass is 10.1. The van der Waals surface area contributed by atoms with Crippen molar-refractivity contribution >= 4 is 55.5 Å². The maximum Gasteiger partial charge on any atom is 0.295 e. The molecule has 5 nitrogen and oxygen atoms in total. The number of fused-ring (bicyclic) bond motifs is 2. The highest BCUT2D eigenvalue weighted by atomic mass is 32.2. The Bertz CT molecular complexity index is 1570. The molecule has 0 radical (unpaired) electrons. The third-order valence-corrected chi connectivity index (χ3v) is 9.64. The van der Waals surface area contributed by atoms with Crippen LogP contribution in [-0.2, 0) is 10.1 Å². The fraction of sp³-hybridized carbons (Fsp3) is 0.0714. The summed E-state index contributed by atoms with van der Waals surface area (Å²) in [4.78, 5) is -0.107. The lowest BCUT2D eigenvalue weighted by Gasteiger charge is -2.25. The first-order valence-electron chi connectivity index (χ1n) is 10.9. The summed E-state index contributed by atoms with van der Waals surface area (Å²) in [7, 11) is -2.70. The van der Waals surface area contributed by atoms with Crippen LogP contribution < -0.4 is 25.4 Å². The van der Waals surface area contributed by atoms with Crippen molar-refractivity contribution < 1.29 is 22.4 Å². The Morgan fingerprint density at radius 1 is 0.600 bits per heavy atom. The van der Waals surface area contributed by atoms with Crippen LogP contribution in [0.5, 0.6) is 11.5 Å². The molecule has 5 aromatic carbocycles. The van der Waals surface area contributed by atoms with Gasteiger partial charge in [-0.2, -0.15) is 8.42 Å². The summed E-state index contributed by atoms with van der Waals surface area (Å²) in [5.74, 6) is 1.39. The SMILES string of the molecule is COc1cccc2cccc(P(c3ccccc3S(=O)(=O)O)c3cccc4cccc(OC)c34)c12. The number of ether oxygens (including phenoxy) is 2. The topological polar surface area (TPSA) is 72.8 Å². The zero-order chi connectivity index (χ0) is 24.6. The molecule has 0 saturated carbocycles. The summed E-state index contributed by atoms with van der Waals surface area (Å²) in [6, 6.07) is 30.3. The Morgan fingerprint density at radius 3 is 1.49 bits per heavy atom. The molecule has 5 rings (SSSR count). The van der Waals surface area contributed by atoms with E-state index in [0.717, 1.165) is 32.2 Å². The quantitative estimate of drug-likeness (QED) is 0.261. The van der Waals surface area contributed by atoms with Crippen molar-refractivity contribution in [3.8, 4) is 11.5 Å². The normalized spacial score (nSPS) is 11.8. The maximum atomic E-state index is 12.5.